The van der Waals surface area contributed by atoms with E-state index in [4.69, 9.17) is 5.73 Å². The molecule has 2 N–H and O–H groups in total. The predicted octanol–water partition coefficient (Wildman–Crippen LogP) is 4.59. The third-order valence-electron chi connectivity index (χ3n) is 4.59. The molecule has 21 heavy (non-hydrogen) atoms. The largest absolute Gasteiger partial charge is 0.325 e. The van der Waals surface area contributed by atoms with Gasteiger partial charge in [0.15, 0.2) is 0 Å². The zero-order chi connectivity index (χ0) is 15.5. The molecule has 1 aromatic rings. The molecule has 0 atom stereocenters. The fraction of sp³-hybridized carbons (Fsp3) is 0.625. The summed E-state index contributed by atoms with van der Waals surface area (Å²) in [5, 5.41) is 10.8. The number of halogens is 1. The van der Waals surface area contributed by atoms with Crippen molar-refractivity contribution in [2.75, 3.05) is 0 Å². The van der Waals surface area contributed by atoms with E-state index < -0.39 is 0 Å². The zero-order valence-electron chi connectivity index (χ0n) is 12.5. The van der Waals surface area contributed by atoms with Gasteiger partial charge in [-0.1, -0.05) is 41.8 Å². The maximum atomic E-state index is 10.8. The Bertz CT molecular complexity index is 511. The van der Waals surface area contributed by atoms with E-state index in [9.17, 15) is 10.1 Å². The molecule has 5 heteroatoms. The highest BCUT2D eigenvalue weighted by Gasteiger charge is 2.32. The van der Waals surface area contributed by atoms with Crippen LogP contribution in [0.4, 0.5) is 5.69 Å². The van der Waals surface area contributed by atoms with Crippen LogP contribution in [-0.2, 0) is 6.42 Å². The van der Waals surface area contributed by atoms with Crippen molar-refractivity contribution >= 4 is 21.6 Å². The first-order valence-electron chi connectivity index (χ1n) is 7.65. The molecule has 0 spiro atoms. The Morgan fingerprint density at radius 2 is 2.10 bits per heavy atom. The maximum absolute atomic E-state index is 10.8. The van der Waals surface area contributed by atoms with Crippen LogP contribution >= 0.6 is 15.9 Å². The lowest BCUT2D eigenvalue weighted by Crippen LogP contribution is -2.45. The van der Waals surface area contributed by atoms with Gasteiger partial charge >= 0.3 is 0 Å². The minimum atomic E-state index is -0.372. The molecule has 1 fully saturated rings. The van der Waals surface area contributed by atoms with Crippen molar-refractivity contribution in [1.29, 1.82) is 0 Å². The molecule has 0 amide bonds. The quantitative estimate of drug-likeness (QED) is 0.620. The molecule has 116 valence electrons. The van der Waals surface area contributed by atoms with Crippen LogP contribution in [0.2, 0.25) is 0 Å². The van der Waals surface area contributed by atoms with Crippen LogP contribution in [-0.4, -0.2) is 10.5 Å². The normalized spacial score (nSPS) is 25.8. The van der Waals surface area contributed by atoms with Crippen molar-refractivity contribution in [2.45, 2.75) is 57.4 Å². The van der Waals surface area contributed by atoms with Gasteiger partial charge < -0.3 is 5.73 Å². The number of nitro groups is 1. The summed E-state index contributed by atoms with van der Waals surface area (Å²) in [5.41, 5.74) is 7.58. The van der Waals surface area contributed by atoms with Gasteiger partial charge in [-0.25, -0.2) is 0 Å². The summed E-state index contributed by atoms with van der Waals surface area (Å²) < 4.78 is 0.789. The number of hydrogen-bond acceptors (Lipinski definition) is 3. The van der Waals surface area contributed by atoms with Gasteiger partial charge in [0.05, 0.1) is 4.92 Å². The molecule has 0 radical (unpaired) electrons. The molecule has 0 aromatic heterocycles. The summed E-state index contributed by atoms with van der Waals surface area (Å²) in [7, 11) is 0. The lowest BCUT2D eigenvalue weighted by molar-refractivity contribution is -0.384. The zero-order valence-corrected chi connectivity index (χ0v) is 14.1. The lowest BCUT2D eigenvalue weighted by Gasteiger charge is -2.37. The van der Waals surface area contributed by atoms with Crippen molar-refractivity contribution in [2.24, 2.45) is 11.7 Å². The third kappa shape index (κ3) is 4.27. The second-order valence-electron chi connectivity index (χ2n) is 6.30. The minimum Gasteiger partial charge on any atom is -0.325 e. The Morgan fingerprint density at radius 1 is 1.43 bits per heavy atom. The van der Waals surface area contributed by atoms with Crippen molar-refractivity contribution in [1.82, 2.24) is 0 Å². The van der Waals surface area contributed by atoms with Crippen LogP contribution in [0.1, 0.15) is 51.0 Å². The van der Waals surface area contributed by atoms with E-state index in [0.717, 1.165) is 35.2 Å². The number of hydrogen-bond donors (Lipinski definition) is 1. The summed E-state index contributed by atoms with van der Waals surface area (Å²) in [4.78, 5) is 10.4. The Kier molecular flexibility index (Phi) is 5.38. The van der Waals surface area contributed by atoms with Gasteiger partial charge in [-0.3, -0.25) is 10.1 Å². The summed E-state index contributed by atoms with van der Waals surface area (Å²) in [5.74, 6) is 0.826. The highest BCUT2D eigenvalue weighted by atomic mass is 79.9. The highest BCUT2D eigenvalue weighted by Crippen LogP contribution is 2.36. The summed E-state index contributed by atoms with van der Waals surface area (Å²) >= 11 is 3.44. The highest BCUT2D eigenvalue weighted by molar-refractivity contribution is 9.10. The fourth-order valence-corrected chi connectivity index (χ4v) is 3.81. The number of rotatable bonds is 5. The molecule has 0 unspecified atom stereocenters. The van der Waals surface area contributed by atoms with E-state index in [1.807, 2.05) is 6.07 Å². The fourth-order valence-electron chi connectivity index (χ4n) is 3.30. The monoisotopic (exact) mass is 354 g/mol. The van der Waals surface area contributed by atoms with Crippen molar-refractivity contribution in [3.63, 3.8) is 0 Å². The Balaban J connectivity index is 2.03. The minimum absolute atomic E-state index is 0.114. The number of nitrogens with two attached hydrogens (primary N) is 1. The molecule has 0 aliphatic heterocycles. The summed E-state index contributed by atoms with van der Waals surface area (Å²) in [6.45, 7) is 2.23. The van der Waals surface area contributed by atoms with Gasteiger partial charge in [-0.15, -0.1) is 0 Å². The Hall–Kier alpha value is -0.940. The van der Waals surface area contributed by atoms with Gasteiger partial charge in [0, 0.05) is 22.1 Å². The van der Waals surface area contributed by atoms with Crippen LogP contribution in [0.25, 0.3) is 0 Å². The van der Waals surface area contributed by atoms with Crippen LogP contribution in [0.5, 0.6) is 0 Å². The molecule has 4 nitrogen and oxygen atoms in total. The van der Waals surface area contributed by atoms with E-state index in [0.29, 0.717) is 0 Å². The average molecular weight is 355 g/mol. The lowest BCUT2D eigenvalue weighted by atomic mass is 9.73. The molecule has 0 saturated heterocycles. The summed E-state index contributed by atoms with van der Waals surface area (Å²) in [6.07, 6.45) is 7.82. The molecule has 0 heterocycles. The molecule has 1 aromatic carbocycles. The Morgan fingerprint density at radius 3 is 2.62 bits per heavy atom. The molecule has 1 aliphatic rings. The predicted molar refractivity (Wildman–Crippen MR) is 88.3 cm³/mol. The first kappa shape index (κ1) is 16.4. The van der Waals surface area contributed by atoms with Gasteiger partial charge in [0.2, 0.25) is 0 Å². The molecule has 1 aliphatic carbocycles. The van der Waals surface area contributed by atoms with Crippen LogP contribution in [0.3, 0.4) is 0 Å². The third-order valence-corrected chi connectivity index (χ3v) is 5.33. The summed E-state index contributed by atoms with van der Waals surface area (Å²) in [6, 6.07) is 4.96. The first-order chi connectivity index (χ1) is 9.93. The number of non-ortho nitro benzene ring substituents is 1. The van der Waals surface area contributed by atoms with Crippen LogP contribution in [0.15, 0.2) is 22.7 Å². The van der Waals surface area contributed by atoms with Crippen molar-refractivity contribution in [3.8, 4) is 0 Å². The van der Waals surface area contributed by atoms with E-state index in [-0.39, 0.29) is 16.1 Å². The van der Waals surface area contributed by atoms with Gasteiger partial charge in [-0.05, 0) is 43.6 Å². The average Bonchev–Trinajstić information content (AvgIpc) is 2.44. The second kappa shape index (κ2) is 6.88. The molecule has 0 bridgehead atoms. The number of benzene rings is 1. The van der Waals surface area contributed by atoms with Gasteiger partial charge in [-0.2, -0.15) is 0 Å². The van der Waals surface area contributed by atoms with Gasteiger partial charge in [0.25, 0.3) is 5.69 Å². The van der Waals surface area contributed by atoms with E-state index in [1.165, 1.54) is 25.7 Å². The van der Waals surface area contributed by atoms with E-state index >= 15 is 0 Å². The maximum Gasteiger partial charge on any atom is 0.270 e. The van der Waals surface area contributed by atoms with Crippen LogP contribution < -0.4 is 5.73 Å². The van der Waals surface area contributed by atoms with Crippen LogP contribution in [0, 0.1) is 16.0 Å². The standard InChI is InChI=1S/C16H23BrN2O2/c1-2-3-12-6-8-16(18,9-7-12)11-13-4-5-14(19(20)21)10-15(13)17/h4-5,10,12H,2-3,6-9,11,18H2,1H3. The Labute approximate surface area is 134 Å². The topological polar surface area (TPSA) is 69.2 Å². The number of nitro benzene ring substituents is 1. The van der Waals surface area contributed by atoms with E-state index in [1.54, 1.807) is 12.1 Å². The smallest absolute Gasteiger partial charge is 0.270 e. The molecule has 2 rings (SSSR count). The number of nitrogens with zero attached hydrogens (tertiary/aromatic N) is 1. The first-order valence-corrected chi connectivity index (χ1v) is 8.44. The molecule has 1 saturated carbocycles. The van der Waals surface area contributed by atoms with Crippen molar-refractivity contribution in [3.05, 3.63) is 38.3 Å². The second-order valence-corrected chi connectivity index (χ2v) is 7.16. The molecular formula is C16H23BrN2O2. The van der Waals surface area contributed by atoms with Gasteiger partial charge in [0.1, 0.15) is 0 Å². The van der Waals surface area contributed by atoms with Crippen molar-refractivity contribution < 1.29 is 4.92 Å². The van der Waals surface area contributed by atoms with E-state index in [2.05, 4.69) is 22.9 Å². The SMILES string of the molecule is CCCC1CCC(N)(Cc2ccc([N+](=O)[O-])cc2Br)CC1. The molecular weight excluding hydrogens is 332 g/mol.